The summed E-state index contributed by atoms with van der Waals surface area (Å²) in [6.45, 7) is -0.0410. The molecule has 1 amide bonds. The van der Waals surface area contributed by atoms with E-state index in [2.05, 4.69) is 5.32 Å². The van der Waals surface area contributed by atoms with E-state index in [-0.39, 0.29) is 16.9 Å². The molecule has 0 aliphatic heterocycles. The van der Waals surface area contributed by atoms with Crippen LogP contribution in [0.2, 0.25) is 0 Å². The van der Waals surface area contributed by atoms with Crippen molar-refractivity contribution in [2.45, 2.75) is 0 Å². The molecule has 0 heterocycles. The zero-order valence-electron chi connectivity index (χ0n) is 5.58. The van der Waals surface area contributed by atoms with E-state index in [0.29, 0.717) is 0 Å². The van der Waals surface area contributed by atoms with E-state index in [9.17, 15) is 13.2 Å². The summed E-state index contributed by atoms with van der Waals surface area (Å²) in [5.74, 6) is -0.677. The van der Waals surface area contributed by atoms with Crippen molar-refractivity contribution >= 4 is 38.6 Å². The van der Waals surface area contributed by atoms with Gasteiger partial charge in [0.15, 0.2) is 0 Å². The van der Waals surface area contributed by atoms with Gasteiger partial charge in [0.25, 0.3) is 10.1 Å². The molecule has 0 bridgehead atoms. The third-order valence-electron chi connectivity index (χ3n) is 0.804. The lowest BCUT2D eigenvalue weighted by atomic mass is 10.6. The zero-order valence-corrected chi connectivity index (χ0v) is 8.55. The number of hydrogen-bond donors (Lipinski definition) is 2. The molecule has 7 heteroatoms. The normalized spacial score (nSPS) is 11.1. The highest BCUT2D eigenvalue weighted by atomic mass is 127. The van der Waals surface area contributed by atoms with Gasteiger partial charge in [0.2, 0.25) is 5.91 Å². The van der Waals surface area contributed by atoms with Gasteiger partial charge in [-0.25, -0.2) is 0 Å². The molecule has 0 unspecified atom stereocenters. The van der Waals surface area contributed by atoms with Crippen LogP contribution in [0.15, 0.2) is 0 Å². The molecule has 0 spiro atoms. The first-order valence-corrected chi connectivity index (χ1v) is 5.87. The first-order valence-electron chi connectivity index (χ1n) is 2.73. The average Bonchev–Trinajstić information content (AvgIpc) is 1.85. The molecule has 11 heavy (non-hydrogen) atoms. The Morgan fingerprint density at radius 3 is 2.45 bits per heavy atom. The summed E-state index contributed by atoms with van der Waals surface area (Å²) < 4.78 is 28.7. The largest absolute Gasteiger partial charge is 0.354 e. The van der Waals surface area contributed by atoms with Crippen molar-refractivity contribution in [2.24, 2.45) is 0 Å². The molecule has 0 aromatic carbocycles. The Labute approximate surface area is 78.4 Å². The number of carbonyl (C=O) groups excluding carboxylic acids is 1. The molecule has 0 aromatic heterocycles. The van der Waals surface area contributed by atoms with E-state index in [1.54, 1.807) is 0 Å². The topological polar surface area (TPSA) is 83.5 Å². The van der Waals surface area contributed by atoms with Crippen LogP contribution in [0, 0.1) is 0 Å². The summed E-state index contributed by atoms with van der Waals surface area (Å²) in [6, 6.07) is 0. The van der Waals surface area contributed by atoms with Crippen molar-refractivity contribution in [1.82, 2.24) is 5.32 Å². The van der Waals surface area contributed by atoms with Gasteiger partial charge in [-0.05, 0) is 0 Å². The van der Waals surface area contributed by atoms with E-state index in [1.807, 2.05) is 22.6 Å². The smallest absolute Gasteiger partial charge is 0.266 e. The maximum absolute atomic E-state index is 10.5. The Hall–Kier alpha value is 0.110. The molecular formula is C4H8INO4S. The van der Waals surface area contributed by atoms with Gasteiger partial charge < -0.3 is 5.32 Å². The third kappa shape index (κ3) is 8.01. The van der Waals surface area contributed by atoms with Gasteiger partial charge >= 0.3 is 0 Å². The van der Waals surface area contributed by atoms with Gasteiger partial charge in [-0.15, -0.1) is 0 Å². The van der Waals surface area contributed by atoms with E-state index < -0.39 is 15.9 Å². The van der Waals surface area contributed by atoms with Crippen molar-refractivity contribution in [3.05, 3.63) is 0 Å². The number of alkyl halides is 1. The molecule has 2 N–H and O–H groups in total. The summed E-state index contributed by atoms with van der Waals surface area (Å²) in [4.78, 5) is 10.5. The molecule has 0 saturated heterocycles. The first kappa shape index (κ1) is 11.1. The van der Waals surface area contributed by atoms with Crippen LogP contribution in [0.5, 0.6) is 0 Å². The lowest BCUT2D eigenvalue weighted by molar-refractivity contribution is -0.118. The maximum atomic E-state index is 10.5. The number of rotatable bonds is 4. The van der Waals surface area contributed by atoms with Crippen LogP contribution in [0.25, 0.3) is 0 Å². The Bertz CT molecular complexity index is 224. The van der Waals surface area contributed by atoms with Gasteiger partial charge in [-0.2, -0.15) is 8.42 Å². The lowest BCUT2D eigenvalue weighted by Gasteiger charge is -1.99. The fourth-order valence-electron chi connectivity index (χ4n) is 0.367. The molecule has 0 saturated carbocycles. The number of carbonyl (C=O) groups is 1. The minimum absolute atomic E-state index is 0.0410. The second-order valence-electron chi connectivity index (χ2n) is 1.77. The predicted octanol–water partition coefficient (Wildman–Crippen LogP) is -0.575. The summed E-state index contributed by atoms with van der Waals surface area (Å²) >= 11 is 1.85. The molecular weight excluding hydrogens is 285 g/mol. The fourth-order valence-corrected chi connectivity index (χ4v) is 0.996. The molecule has 0 aliphatic rings. The van der Waals surface area contributed by atoms with Gasteiger partial charge in [0.1, 0.15) is 0 Å². The van der Waals surface area contributed by atoms with Crippen LogP contribution >= 0.6 is 22.6 Å². The Morgan fingerprint density at radius 2 is 2.09 bits per heavy atom. The van der Waals surface area contributed by atoms with E-state index >= 15 is 0 Å². The third-order valence-corrected chi connectivity index (χ3v) is 2.22. The molecule has 0 radical (unpaired) electrons. The second-order valence-corrected chi connectivity index (χ2v) is 4.10. The van der Waals surface area contributed by atoms with Crippen LogP contribution in [0.4, 0.5) is 0 Å². The molecule has 66 valence electrons. The summed E-state index contributed by atoms with van der Waals surface area (Å²) in [6.07, 6.45) is 0. The predicted molar refractivity (Wildman–Crippen MR) is 48.3 cm³/mol. The molecule has 0 rings (SSSR count). The molecule has 0 aliphatic carbocycles. The van der Waals surface area contributed by atoms with Crippen molar-refractivity contribution in [3.63, 3.8) is 0 Å². The van der Waals surface area contributed by atoms with E-state index in [0.717, 1.165) is 0 Å². The second kappa shape index (κ2) is 4.88. The van der Waals surface area contributed by atoms with Crippen molar-refractivity contribution < 1.29 is 17.8 Å². The monoisotopic (exact) mass is 293 g/mol. The lowest BCUT2D eigenvalue weighted by Crippen LogP contribution is -2.29. The molecule has 0 atom stereocenters. The number of amides is 1. The highest BCUT2D eigenvalue weighted by Gasteiger charge is 2.04. The van der Waals surface area contributed by atoms with Crippen LogP contribution in [0.1, 0.15) is 0 Å². The Balaban J connectivity index is 3.51. The van der Waals surface area contributed by atoms with Crippen molar-refractivity contribution in [2.75, 3.05) is 16.7 Å². The highest BCUT2D eigenvalue weighted by Crippen LogP contribution is 1.81. The molecule has 5 nitrogen and oxygen atoms in total. The standard InChI is InChI=1S/C4H8INO4S/c5-3-4(7)6-1-2-11(8,9)10/h1-3H2,(H,6,7)(H,8,9,10). The SMILES string of the molecule is O=C(CI)NCCS(=O)(=O)O. The molecule has 0 fully saturated rings. The minimum Gasteiger partial charge on any atom is -0.354 e. The van der Waals surface area contributed by atoms with Crippen LogP contribution in [-0.4, -0.2) is 35.6 Å². The average molecular weight is 293 g/mol. The number of halogens is 1. The number of hydrogen-bond acceptors (Lipinski definition) is 3. The quantitative estimate of drug-likeness (QED) is 0.413. The zero-order chi connectivity index (χ0) is 8.91. The molecule has 0 aromatic rings. The van der Waals surface area contributed by atoms with Gasteiger partial charge in [0.05, 0.1) is 10.2 Å². The van der Waals surface area contributed by atoms with Crippen molar-refractivity contribution in [1.29, 1.82) is 0 Å². The van der Waals surface area contributed by atoms with Gasteiger partial charge in [-0.1, -0.05) is 22.6 Å². The van der Waals surface area contributed by atoms with Gasteiger partial charge in [0, 0.05) is 6.54 Å². The van der Waals surface area contributed by atoms with E-state index in [1.165, 1.54) is 0 Å². The Morgan fingerprint density at radius 1 is 1.55 bits per heavy atom. The van der Waals surface area contributed by atoms with Crippen LogP contribution in [0.3, 0.4) is 0 Å². The minimum atomic E-state index is -3.95. The number of nitrogens with one attached hydrogen (secondary N) is 1. The van der Waals surface area contributed by atoms with Crippen LogP contribution in [-0.2, 0) is 14.9 Å². The summed E-state index contributed by atoms with van der Waals surface area (Å²) in [5, 5.41) is 2.30. The fraction of sp³-hybridized carbons (Fsp3) is 0.750. The highest BCUT2D eigenvalue weighted by molar-refractivity contribution is 14.1. The first-order chi connectivity index (χ1) is 4.95. The Kier molecular flexibility index (Phi) is 4.93. The van der Waals surface area contributed by atoms with E-state index in [4.69, 9.17) is 4.55 Å². The van der Waals surface area contributed by atoms with Crippen LogP contribution < -0.4 is 5.32 Å². The summed E-state index contributed by atoms with van der Waals surface area (Å²) in [7, 11) is -3.95. The maximum Gasteiger partial charge on any atom is 0.266 e. The summed E-state index contributed by atoms with van der Waals surface area (Å²) in [5.41, 5.74) is 0. The van der Waals surface area contributed by atoms with Crippen molar-refractivity contribution in [3.8, 4) is 0 Å². The van der Waals surface area contributed by atoms with Gasteiger partial charge in [-0.3, -0.25) is 9.35 Å².